The summed E-state index contributed by atoms with van der Waals surface area (Å²) in [4.78, 5) is 1.83. The maximum Gasteiger partial charge on any atom is 0.339 e. The summed E-state index contributed by atoms with van der Waals surface area (Å²) in [6.07, 6.45) is 0. The van der Waals surface area contributed by atoms with Gasteiger partial charge in [0.1, 0.15) is 22.0 Å². The van der Waals surface area contributed by atoms with Gasteiger partial charge in [-0.2, -0.15) is 16.8 Å². The van der Waals surface area contributed by atoms with Gasteiger partial charge in [-0.25, -0.2) is 3.63 Å². The second kappa shape index (κ2) is 12.7. The molecule has 10 heteroatoms. The van der Waals surface area contributed by atoms with Crippen molar-refractivity contribution in [3.05, 3.63) is 139 Å². The van der Waals surface area contributed by atoms with Crippen molar-refractivity contribution >= 4 is 30.5 Å². The van der Waals surface area contributed by atoms with Crippen LogP contribution in [-0.2, 0) is 23.9 Å². The molecule has 0 unspecified atom stereocenters. The van der Waals surface area contributed by atoms with Crippen molar-refractivity contribution in [2.75, 3.05) is 0 Å². The zero-order valence-corrected chi connectivity index (χ0v) is 27.7. The Morgan fingerprint density at radius 2 is 0.867 bits per heavy atom. The van der Waals surface area contributed by atoms with Gasteiger partial charge in [-0.05, 0) is 123 Å². The first-order valence-electron chi connectivity index (χ1n) is 14.1. The molecule has 0 N–H and O–H groups in total. The molecule has 0 aliphatic rings. The van der Waals surface area contributed by atoms with Crippen molar-refractivity contribution in [2.24, 2.45) is 0 Å². The quantitative estimate of drug-likeness (QED) is 0.138. The fourth-order valence-electron chi connectivity index (χ4n) is 4.52. The lowest BCUT2D eigenvalue weighted by molar-refractivity contribution is 0.131. The largest absolute Gasteiger partial charge is 0.488 e. The van der Waals surface area contributed by atoms with Crippen LogP contribution in [0.5, 0.6) is 11.5 Å². The Morgan fingerprint density at radius 3 is 1.36 bits per heavy atom. The molecule has 0 aliphatic carbocycles. The zero-order valence-electron chi connectivity index (χ0n) is 25.3. The van der Waals surface area contributed by atoms with E-state index in [0.29, 0.717) is 20.4 Å². The average molecular weight is 663 g/mol. The first-order valence-corrected chi connectivity index (χ1v) is 18.5. The minimum Gasteiger partial charge on any atom is -0.488 e. The molecule has 5 aromatic carbocycles. The van der Waals surface area contributed by atoms with Crippen LogP contribution in [0.25, 0.3) is 0 Å². The molecule has 0 heterocycles. The Kier molecular flexibility index (Phi) is 9.14. The first-order chi connectivity index (χ1) is 21.3. The number of rotatable bonds is 10. The Bertz CT molecular complexity index is 1910. The van der Waals surface area contributed by atoms with E-state index >= 15 is 0 Å². The van der Waals surface area contributed by atoms with Crippen LogP contribution >= 0.6 is 10.3 Å². The number of aryl methyl sites for hydroxylation is 1. The SMILES string of the molecule is Cc1ccc(S(=O)(=O)Oc2ccc(S(=O)(=O)OS(c3ccccc3)(c3ccccc3)c3ccc(OC(C)(C)C)cc3)cc2)cc1. The van der Waals surface area contributed by atoms with Gasteiger partial charge in [0.25, 0.3) is 0 Å². The van der Waals surface area contributed by atoms with Crippen LogP contribution in [0.4, 0.5) is 0 Å². The Morgan fingerprint density at radius 1 is 0.467 bits per heavy atom. The Hall–Kier alpha value is -4.09. The predicted molar refractivity (Wildman–Crippen MR) is 176 cm³/mol. The van der Waals surface area contributed by atoms with Crippen LogP contribution in [0, 0.1) is 6.92 Å². The summed E-state index contributed by atoms with van der Waals surface area (Å²) >= 11 is 0. The summed E-state index contributed by atoms with van der Waals surface area (Å²) in [6, 6.07) is 37.2. The first kappa shape index (κ1) is 32.3. The van der Waals surface area contributed by atoms with Crippen LogP contribution < -0.4 is 8.92 Å². The van der Waals surface area contributed by atoms with Gasteiger partial charge >= 0.3 is 20.2 Å². The molecule has 0 bridgehead atoms. The summed E-state index contributed by atoms with van der Waals surface area (Å²) in [5.41, 5.74) is 0.487. The average Bonchev–Trinajstić information content (AvgIpc) is 3.01. The van der Waals surface area contributed by atoms with E-state index in [0.717, 1.165) is 5.56 Å². The highest BCUT2D eigenvalue weighted by Crippen LogP contribution is 2.70. The van der Waals surface area contributed by atoms with Crippen molar-refractivity contribution in [1.29, 1.82) is 0 Å². The number of hydrogen-bond acceptors (Lipinski definition) is 7. The van der Waals surface area contributed by atoms with E-state index in [-0.39, 0.29) is 15.5 Å². The lowest BCUT2D eigenvalue weighted by Crippen LogP contribution is -2.22. The Balaban J connectivity index is 1.55. The van der Waals surface area contributed by atoms with Gasteiger partial charge in [0, 0.05) is 14.7 Å². The fourth-order valence-corrected chi connectivity index (χ4v) is 10.7. The van der Waals surface area contributed by atoms with Crippen LogP contribution in [0.3, 0.4) is 0 Å². The Labute approximate surface area is 267 Å². The van der Waals surface area contributed by atoms with Gasteiger partial charge in [-0.15, -0.1) is 0 Å². The van der Waals surface area contributed by atoms with E-state index < -0.39 is 36.1 Å². The summed E-state index contributed by atoms with van der Waals surface area (Å²) < 4.78 is 71.4. The molecule has 234 valence electrons. The smallest absolute Gasteiger partial charge is 0.339 e. The standard InChI is InChI=1S/C35H34O7S3/c1-27-15-21-33(22-16-27)44(36,37)41-29-19-25-34(26-20-29)45(38,39)42-43(30-11-7-5-8-12-30,31-13-9-6-10-14-31)32-23-17-28(18-24-32)40-35(2,3)4/h5-26H,1-4H3. The predicted octanol–water partition coefficient (Wildman–Crippen LogP) is 8.54. The minimum absolute atomic E-state index is 0.00819. The zero-order chi connectivity index (χ0) is 32.3. The molecule has 0 spiro atoms. The van der Waals surface area contributed by atoms with Gasteiger partial charge in [-0.1, -0.05) is 54.1 Å². The summed E-state index contributed by atoms with van der Waals surface area (Å²) in [7, 11) is -11.4. The minimum atomic E-state index is -4.42. The number of benzene rings is 5. The third kappa shape index (κ3) is 7.42. The van der Waals surface area contributed by atoms with Gasteiger partial charge in [0.15, 0.2) is 0 Å². The van der Waals surface area contributed by atoms with Crippen molar-refractivity contribution in [3.8, 4) is 11.5 Å². The lowest BCUT2D eigenvalue weighted by atomic mass is 10.2. The van der Waals surface area contributed by atoms with E-state index in [1.54, 1.807) is 12.1 Å². The molecule has 45 heavy (non-hydrogen) atoms. The van der Waals surface area contributed by atoms with Crippen LogP contribution in [-0.4, -0.2) is 22.4 Å². The molecule has 0 saturated carbocycles. The molecule has 5 rings (SSSR count). The highest BCUT2D eigenvalue weighted by atomic mass is 32.3. The second-order valence-corrected chi connectivity index (χ2v) is 17.2. The van der Waals surface area contributed by atoms with Gasteiger partial charge in [-0.3, -0.25) is 0 Å². The van der Waals surface area contributed by atoms with Crippen LogP contribution in [0.2, 0.25) is 0 Å². The third-order valence-corrected chi connectivity index (χ3v) is 13.0. The molecule has 0 fully saturated rings. The van der Waals surface area contributed by atoms with E-state index in [4.69, 9.17) is 12.5 Å². The highest BCUT2D eigenvalue weighted by Gasteiger charge is 2.38. The molecule has 5 aromatic rings. The second-order valence-electron chi connectivity index (χ2n) is 11.2. The van der Waals surface area contributed by atoms with Gasteiger partial charge in [0.05, 0.1) is 4.90 Å². The molecule has 0 atom stereocenters. The molecular weight excluding hydrogens is 629 g/mol. The monoisotopic (exact) mass is 662 g/mol. The van der Waals surface area contributed by atoms with Crippen LogP contribution in [0.15, 0.2) is 158 Å². The van der Waals surface area contributed by atoms with Crippen molar-refractivity contribution in [3.63, 3.8) is 0 Å². The fraction of sp³-hybridized carbons (Fsp3) is 0.143. The van der Waals surface area contributed by atoms with E-state index in [1.165, 1.54) is 36.4 Å². The van der Waals surface area contributed by atoms with Crippen molar-refractivity contribution in [1.82, 2.24) is 0 Å². The maximum absolute atomic E-state index is 14.1. The molecular formula is C35H34O7S3. The molecule has 0 aromatic heterocycles. The van der Waals surface area contributed by atoms with E-state index in [1.807, 2.05) is 113 Å². The highest BCUT2D eigenvalue weighted by molar-refractivity contribution is 8.33. The normalized spacial score (nSPS) is 12.8. The molecule has 0 radical (unpaired) electrons. The van der Waals surface area contributed by atoms with E-state index in [2.05, 4.69) is 0 Å². The summed E-state index contributed by atoms with van der Waals surface area (Å²) in [5.74, 6) is 0.605. The van der Waals surface area contributed by atoms with Gasteiger partial charge in [0.2, 0.25) is 0 Å². The number of ether oxygens (including phenoxy) is 1. The molecule has 0 aliphatic heterocycles. The molecule has 7 nitrogen and oxygen atoms in total. The van der Waals surface area contributed by atoms with Gasteiger partial charge < -0.3 is 8.92 Å². The third-order valence-electron chi connectivity index (χ3n) is 6.55. The summed E-state index contributed by atoms with van der Waals surface area (Å²) in [5, 5.41) is 0. The molecule has 0 saturated heterocycles. The topological polar surface area (TPSA) is 96.0 Å². The van der Waals surface area contributed by atoms with E-state index in [9.17, 15) is 16.8 Å². The summed E-state index contributed by atoms with van der Waals surface area (Å²) in [6.45, 7) is 7.71. The lowest BCUT2D eigenvalue weighted by Gasteiger charge is -2.39. The van der Waals surface area contributed by atoms with Crippen molar-refractivity contribution in [2.45, 2.75) is 57.8 Å². The maximum atomic E-state index is 14.1. The van der Waals surface area contributed by atoms with Crippen LogP contribution in [0.1, 0.15) is 26.3 Å². The van der Waals surface area contributed by atoms with Crippen molar-refractivity contribution < 1.29 is 29.4 Å². The number of hydrogen-bond donors (Lipinski definition) is 0. The molecule has 0 amide bonds.